The van der Waals surface area contributed by atoms with Crippen LogP contribution in [0.25, 0.3) is 11.3 Å². The van der Waals surface area contributed by atoms with Crippen LogP contribution < -0.4 is 14.8 Å². The van der Waals surface area contributed by atoms with Crippen molar-refractivity contribution in [2.45, 2.75) is 20.4 Å². The Kier molecular flexibility index (Phi) is 8.23. The van der Waals surface area contributed by atoms with Crippen LogP contribution in [0.5, 0.6) is 11.5 Å². The van der Waals surface area contributed by atoms with E-state index in [0.717, 1.165) is 34.3 Å². The Morgan fingerprint density at radius 1 is 1.03 bits per heavy atom. The molecule has 32 heavy (non-hydrogen) atoms. The smallest absolute Gasteiger partial charge is 0.414 e. The highest BCUT2D eigenvalue weighted by Gasteiger charge is 2.12. The molecule has 0 fully saturated rings. The highest BCUT2D eigenvalue weighted by molar-refractivity contribution is 6.27. The van der Waals surface area contributed by atoms with Crippen LogP contribution in [0.2, 0.25) is 0 Å². The molecular weight excluding hydrogens is 414 g/mol. The summed E-state index contributed by atoms with van der Waals surface area (Å²) in [6, 6.07) is 12.3. The van der Waals surface area contributed by atoms with Crippen LogP contribution in [-0.2, 0) is 23.2 Å². The number of para-hydroxylation sites is 1. The molecule has 0 atom stereocenters. The quantitative estimate of drug-likeness (QED) is 0.497. The Hall–Kier alpha value is -4.01. The fourth-order valence-corrected chi connectivity index (χ4v) is 3.01. The van der Waals surface area contributed by atoms with Crippen LogP contribution in [0.15, 0.2) is 42.6 Å². The lowest BCUT2D eigenvalue weighted by atomic mass is 10.0. The molecule has 0 bridgehead atoms. The SMILES string of the molecule is COc1cccc(CNc2ncc(-c3ccc(C)c(C)c3)n2C)c1OC.O=C(O)C(=O)O. The van der Waals surface area contributed by atoms with Gasteiger partial charge in [-0.2, -0.15) is 0 Å². The van der Waals surface area contributed by atoms with Gasteiger partial charge in [0.2, 0.25) is 5.95 Å². The lowest BCUT2D eigenvalue weighted by Gasteiger charge is -2.14. The van der Waals surface area contributed by atoms with E-state index in [1.165, 1.54) is 11.1 Å². The summed E-state index contributed by atoms with van der Waals surface area (Å²) in [7, 11) is 5.31. The summed E-state index contributed by atoms with van der Waals surface area (Å²) in [5.41, 5.74) is 5.82. The van der Waals surface area contributed by atoms with Gasteiger partial charge in [0.05, 0.1) is 26.1 Å². The number of aryl methyl sites for hydroxylation is 2. The molecular formula is C23H27N3O6. The summed E-state index contributed by atoms with van der Waals surface area (Å²) < 4.78 is 12.9. The average Bonchev–Trinajstić information content (AvgIpc) is 3.14. The standard InChI is InChI=1S/C21H25N3O2.C2H2O4/c1-14-9-10-16(11-15(14)2)18-13-23-21(24(18)3)22-12-17-7-6-8-19(25-4)20(17)26-5;3-1(4)2(5)6/h6-11,13H,12H2,1-5H3,(H,22,23);(H,3,4)(H,5,6). The van der Waals surface area contributed by atoms with E-state index >= 15 is 0 Å². The normalized spacial score (nSPS) is 10.0. The molecule has 0 saturated heterocycles. The Morgan fingerprint density at radius 3 is 2.28 bits per heavy atom. The summed E-state index contributed by atoms with van der Waals surface area (Å²) >= 11 is 0. The van der Waals surface area contributed by atoms with E-state index in [9.17, 15) is 0 Å². The molecule has 2 aromatic carbocycles. The van der Waals surface area contributed by atoms with E-state index in [4.69, 9.17) is 29.3 Å². The van der Waals surface area contributed by atoms with Crippen molar-refractivity contribution in [2.24, 2.45) is 7.05 Å². The van der Waals surface area contributed by atoms with Gasteiger partial charge in [0.25, 0.3) is 0 Å². The molecule has 1 heterocycles. The molecule has 0 saturated carbocycles. The minimum atomic E-state index is -1.82. The zero-order valence-electron chi connectivity index (χ0n) is 18.7. The van der Waals surface area contributed by atoms with Gasteiger partial charge in [-0.15, -0.1) is 0 Å². The van der Waals surface area contributed by atoms with Crippen LogP contribution in [0.1, 0.15) is 16.7 Å². The lowest BCUT2D eigenvalue weighted by molar-refractivity contribution is -0.159. The number of benzene rings is 2. The van der Waals surface area contributed by atoms with Crippen molar-refractivity contribution in [3.63, 3.8) is 0 Å². The Morgan fingerprint density at radius 2 is 1.72 bits per heavy atom. The molecule has 9 nitrogen and oxygen atoms in total. The first-order valence-electron chi connectivity index (χ1n) is 9.68. The number of carbonyl (C=O) groups is 2. The highest BCUT2D eigenvalue weighted by Crippen LogP contribution is 2.31. The van der Waals surface area contributed by atoms with E-state index in [1.807, 2.05) is 31.4 Å². The van der Waals surface area contributed by atoms with Crippen molar-refractivity contribution in [3.8, 4) is 22.8 Å². The number of carboxylic acid groups (broad SMARTS) is 2. The number of carboxylic acids is 2. The molecule has 0 amide bonds. The highest BCUT2D eigenvalue weighted by atomic mass is 16.5. The van der Waals surface area contributed by atoms with E-state index in [1.54, 1.807) is 14.2 Å². The molecule has 3 aromatic rings. The molecule has 3 rings (SSSR count). The zero-order valence-corrected chi connectivity index (χ0v) is 18.7. The summed E-state index contributed by atoms with van der Waals surface area (Å²) in [6.07, 6.45) is 1.90. The number of hydrogen-bond donors (Lipinski definition) is 3. The summed E-state index contributed by atoms with van der Waals surface area (Å²) in [6.45, 7) is 4.85. The van der Waals surface area contributed by atoms with Crippen LogP contribution >= 0.6 is 0 Å². The molecule has 0 aliphatic heterocycles. The maximum Gasteiger partial charge on any atom is 0.414 e. The summed E-state index contributed by atoms with van der Waals surface area (Å²) in [4.78, 5) is 22.7. The molecule has 0 radical (unpaired) electrons. The molecule has 170 valence electrons. The predicted molar refractivity (Wildman–Crippen MR) is 120 cm³/mol. The monoisotopic (exact) mass is 441 g/mol. The minimum absolute atomic E-state index is 0.595. The third-order valence-electron chi connectivity index (χ3n) is 4.90. The second kappa shape index (κ2) is 10.9. The zero-order chi connectivity index (χ0) is 23.8. The molecule has 0 aliphatic carbocycles. The van der Waals surface area contributed by atoms with Gasteiger partial charge in [-0.3, -0.25) is 0 Å². The second-order valence-electron chi connectivity index (χ2n) is 6.94. The number of methoxy groups -OCH3 is 2. The molecule has 0 unspecified atom stereocenters. The third kappa shape index (κ3) is 5.78. The van der Waals surface area contributed by atoms with Crippen LogP contribution in [0.4, 0.5) is 5.95 Å². The maximum absolute atomic E-state index is 9.10. The van der Waals surface area contributed by atoms with Gasteiger partial charge in [-0.05, 0) is 37.1 Å². The average molecular weight is 441 g/mol. The van der Waals surface area contributed by atoms with Crippen LogP contribution in [-0.4, -0.2) is 45.9 Å². The molecule has 9 heteroatoms. The van der Waals surface area contributed by atoms with Gasteiger partial charge in [0.15, 0.2) is 11.5 Å². The molecule has 0 spiro atoms. The van der Waals surface area contributed by atoms with Crippen LogP contribution in [0, 0.1) is 13.8 Å². The van der Waals surface area contributed by atoms with Gasteiger partial charge in [0.1, 0.15) is 0 Å². The number of imidazole rings is 1. The first-order valence-corrected chi connectivity index (χ1v) is 9.68. The summed E-state index contributed by atoms with van der Waals surface area (Å²) in [5, 5.41) is 18.2. The van der Waals surface area contributed by atoms with Crippen molar-refractivity contribution < 1.29 is 29.3 Å². The fraction of sp³-hybridized carbons (Fsp3) is 0.261. The van der Waals surface area contributed by atoms with E-state index in [2.05, 4.69) is 46.9 Å². The topological polar surface area (TPSA) is 123 Å². The predicted octanol–water partition coefficient (Wildman–Crippen LogP) is 3.49. The second-order valence-corrected chi connectivity index (χ2v) is 6.94. The number of nitrogens with zero attached hydrogens (tertiary/aromatic N) is 2. The first kappa shape index (κ1) is 24.3. The minimum Gasteiger partial charge on any atom is -0.493 e. The van der Waals surface area contributed by atoms with E-state index < -0.39 is 11.9 Å². The molecule has 0 aliphatic rings. The van der Waals surface area contributed by atoms with E-state index in [-0.39, 0.29) is 0 Å². The third-order valence-corrected chi connectivity index (χ3v) is 4.90. The van der Waals surface area contributed by atoms with Crippen molar-refractivity contribution in [1.29, 1.82) is 0 Å². The van der Waals surface area contributed by atoms with Crippen molar-refractivity contribution in [1.82, 2.24) is 9.55 Å². The van der Waals surface area contributed by atoms with Gasteiger partial charge in [0, 0.05) is 24.7 Å². The lowest BCUT2D eigenvalue weighted by Crippen LogP contribution is -2.09. The number of aromatic nitrogens is 2. The Bertz CT molecular complexity index is 1100. The Balaban J connectivity index is 0.000000534. The number of hydrogen-bond acceptors (Lipinski definition) is 6. The van der Waals surface area contributed by atoms with Crippen molar-refractivity contribution >= 4 is 17.9 Å². The first-order chi connectivity index (χ1) is 15.2. The molecule has 3 N–H and O–H groups in total. The van der Waals surface area contributed by atoms with Gasteiger partial charge < -0.3 is 29.6 Å². The van der Waals surface area contributed by atoms with E-state index in [0.29, 0.717) is 6.54 Å². The van der Waals surface area contributed by atoms with Crippen molar-refractivity contribution in [2.75, 3.05) is 19.5 Å². The van der Waals surface area contributed by atoms with Crippen molar-refractivity contribution in [3.05, 3.63) is 59.3 Å². The number of anilines is 1. The number of nitrogens with one attached hydrogen (secondary N) is 1. The van der Waals surface area contributed by atoms with Gasteiger partial charge in [-0.25, -0.2) is 14.6 Å². The van der Waals surface area contributed by atoms with Gasteiger partial charge in [-0.1, -0.05) is 24.3 Å². The molecule has 1 aromatic heterocycles. The Labute approximate surface area is 186 Å². The van der Waals surface area contributed by atoms with Gasteiger partial charge >= 0.3 is 11.9 Å². The number of ether oxygens (including phenoxy) is 2. The maximum atomic E-state index is 9.10. The largest absolute Gasteiger partial charge is 0.493 e. The number of aliphatic carboxylic acids is 2. The number of rotatable bonds is 6. The fourth-order valence-electron chi connectivity index (χ4n) is 3.01. The summed E-state index contributed by atoms with van der Waals surface area (Å²) in [5.74, 6) is -1.37. The van der Waals surface area contributed by atoms with Crippen LogP contribution in [0.3, 0.4) is 0 Å².